The molecule has 4 rings (SSSR count). The Labute approximate surface area is 115 Å². The van der Waals surface area contributed by atoms with Crippen LogP contribution in [-0.4, -0.2) is 20.2 Å². The first kappa shape index (κ1) is 11.0. The molecular weight excluding hydrogens is 248 g/mol. The van der Waals surface area contributed by atoms with Crippen LogP contribution in [0.4, 0.5) is 0 Å². The summed E-state index contributed by atoms with van der Waals surface area (Å²) in [4.78, 5) is 8.39. The van der Waals surface area contributed by atoms with E-state index < -0.39 is 0 Å². The maximum atomic E-state index is 4.27. The molecule has 0 saturated heterocycles. The Kier molecular flexibility index (Phi) is 2.39. The minimum atomic E-state index is 0.735. The molecule has 20 heavy (non-hydrogen) atoms. The molecule has 0 saturated carbocycles. The predicted octanol–water partition coefficient (Wildman–Crippen LogP) is 3.04. The molecule has 1 radical (unpaired) electrons. The number of hydrogen-bond donors (Lipinski definition) is 0. The van der Waals surface area contributed by atoms with E-state index >= 15 is 0 Å². The van der Waals surface area contributed by atoms with E-state index in [9.17, 15) is 0 Å². The lowest BCUT2D eigenvalue weighted by Gasteiger charge is -2.04. The van der Waals surface area contributed by atoms with Crippen molar-refractivity contribution < 1.29 is 0 Å². The lowest BCUT2D eigenvalue weighted by molar-refractivity contribution is 1.07. The molecule has 0 atom stereocenters. The zero-order valence-corrected chi connectivity index (χ0v) is 10.5. The molecule has 2 heterocycles. The largest absolute Gasteiger partial charge is 0.225 e. The van der Waals surface area contributed by atoms with Crippen molar-refractivity contribution in [3.05, 3.63) is 60.9 Å². The molecule has 2 aromatic heterocycles. The molecule has 0 bridgehead atoms. The second-order valence-corrected chi connectivity index (χ2v) is 4.48. The molecule has 0 aliphatic heterocycles. The van der Waals surface area contributed by atoms with Gasteiger partial charge in [0.1, 0.15) is 11.4 Å². The molecule has 0 N–H and O–H groups in total. The topological polar surface area (TPSA) is 51.6 Å². The van der Waals surface area contributed by atoms with Crippen molar-refractivity contribution in [2.75, 3.05) is 0 Å². The van der Waals surface area contributed by atoms with E-state index in [0.717, 1.165) is 33.2 Å². The van der Waals surface area contributed by atoms with Crippen molar-refractivity contribution in [2.45, 2.75) is 0 Å². The Morgan fingerprint density at radius 1 is 0.750 bits per heavy atom. The molecule has 0 fully saturated rings. The predicted molar refractivity (Wildman–Crippen MR) is 76.9 cm³/mol. The van der Waals surface area contributed by atoms with E-state index in [0.29, 0.717) is 0 Å². The lowest BCUT2D eigenvalue weighted by atomic mass is 10.1. The highest BCUT2D eigenvalue weighted by Crippen LogP contribution is 2.24. The Morgan fingerprint density at radius 2 is 1.55 bits per heavy atom. The molecular formula is C16H9N4. The zero-order valence-electron chi connectivity index (χ0n) is 10.5. The summed E-state index contributed by atoms with van der Waals surface area (Å²) in [5.41, 5.74) is 3.22. The Hall–Kier alpha value is -2.88. The van der Waals surface area contributed by atoms with Gasteiger partial charge in [0.25, 0.3) is 0 Å². The summed E-state index contributed by atoms with van der Waals surface area (Å²) in [6.07, 6.45) is 2.68. The van der Waals surface area contributed by atoms with Crippen molar-refractivity contribution in [3.8, 4) is 11.4 Å². The number of rotatable bonds is 1. The average molecular weight is 257 g/mol. The van der Waals surface area contributed by atoms with Gasteiger partial charge in [-0.3, -0.25) is 0 Å². The van der Waals surface area contributed by atoms with E-state index in [4.69, 9.17) is 0 Å². The molecule has 4 aromatic rings. The number of fused-ring (bicyclic) bond motifs is 2. The van der Waals surface area contributed by atoms with Crippen LogP contribution in [0.15, 0.2) is 54.6 Å². The summed E-state index contributed by atoms with van der Waals surface area (Å²) in [6.45, 7) is 0. The van der Waals surface area contributed by atoms with Crippen LogP contribution >= 0.6 is 0 Å². The number of benzene rings is 2. The van der Waals surface area contributed by atoms with Gasteiger partial charge in [-0.15, -0.1) is 10.2 Å². The van der Waals surface area contributed by atoms with Gasteiger partial charge in [-0.05, 0) is 18.2 Å². The van der Waals surface area contributed by atoms with Crippen LogP contribution in [0.2, 0.25) is 0 Å². The minimum absolute atomic E-state index is 0.735. The molecule has 2 aromatic carbocycles. The fourth-order valence-electron chi connectivity index (χ4n) is 2.26. The summed E-state index contributed by atoms with van der Waals surface area (Å²) in [7, 11) is 0. The normalized spacial score (nSPS) is 11.0. The highest BCUT2D eigenvalue weighted by Gasteiger charge is 2.08. The summed E-state index contributed by atoms with van der Waals surface area (Å²) in [5, 5.41) is 10.5. The quantitative estimate of drug-likeness (QED) is 0.526. The monoisotopic (exact) mass is 257 g/mol. The van der Waals surface area contributed by atoms with Crippen LogP contribution in [0.25, 0.3) is 33.2 Å². The van der Waals surface area contributed by atoms with E-state index in [1.54, 1.807) is 0 Å². The standard InChI is InChI=1S/C16H9N4/c1-3-7-13-11(5-1)9-15(20-19-13)16-12-6-2-4-8-14(12)17-10-18-16/h1-9H. The van der Waals surface area contributed by atoms with Crippen LogP contribution in [-0.2, 0) is 0 Å². The van der Waals surface area contributed by atoms with Gasteiger partial charge < -0.3 is 0 Å². The molecule has 0 amide bonds. The van der Waals surface area contributed by atoms with E-state index in [-0.39, 0.29) is 0 Å². The minimum Gasteiger partial charge on any atom is -0.225 e. The third kappa shape index (κ3) is 1.70. The highest BCUT2D eigenvalue weighted by atomic mass is 15.1. The number of nitrogens with zero attached hydrogens (tertiary/aromatic N) is 4. The molecule has 0 aliphatic carbocycles. The first-order chi connectivity index (χ1) is 9.92. The van der Waals surface area contributed by atoms with E-state index in [1.165, 1.54) is 0 Å². The first-order valence-electron chi connectivity index (χ1n) is 6.27. The molecule has 93 valence electrons. The van der Waals surface area contributed by atoms with E-state index in [1.807, 2.05) is 54.6 Å². The SMILES string of the molecule is [c]1nc(-c2cc3ccccc3nn2)c2ccccc2n1. The van der Waals surface area contributed by atoms with Gasteiger partial charge in [0, 0.05) is 10.8 Å². The van der Waals surface area contributed by atoms with Crippen molar-refractivity contribution >= 4 is 21.8 Å². The Morgan fingerprint density at radius 3 is 2.50 bits per heavy atom. The maximum absolute atomic E-state index is 4.27. The van der Waals surface area contributed by atoms with Gasteiger partial charge in [0.2, 0.25) is 0 Å². The number of hydrogen-bond acceptors (Lipinski definition) is 4. The zero-order chi connectivity index (χ0) is 13.4. The van der Waals surface area contributed by atoms with Crippen LogP contribution in [0.5, 0.6) is 0 Å². The summed E-state index contributed by atoms with van der Waals surface area (Å²) in [5.74, 6) is 0. The lowest BCUT2D eigenvalue weighted by Crippen LogP contribution is -1.94. The molecule has 4 heteroatoms. The van der Waals surface area contributed by atoms with Gasteiger partial charge in [0.05, 0.1) is 11.0 Å². The highest BCUT2D eigenvalue weighted by molar-refractivity contribution is 5.92. The van der Waals surface area contributed by atoms with Crippen molar-refractivity contribution in [1.29, 1.82) is 0 Å². The van der Waals surface area contributed by atoms with Crippen molar-refractivity contribution in [1.82, 2.24) is 20.2 Å². The van der Waals surface area contributed by atoms with Gasteiger partial charge in [0.15, 0.2) is 6.33 Å². The second-order valence-electron chi connectivity index (χ2n) is 4.48. The smallest absolute Gasteiger partial charge is 0.199 e. The fraction of sp³-hybridized carbons (Fsp3) is 0. The van der Waals surface area contributed by atoms with Gasteiger partial charge in [-0.25, -0.2) is 9.97 Å². The average Bonchev–Trinajstić information content (AvgIpc) is 2.54. The van der Waals surface area contributed by atoms with Crippen LogP contribution in [0, 0.1) is 6.33 Å². The van der Waals surface area contributed by atoms with E-state index in [2.05, 4.69) is 26.5 Å². The fourth-order valence-corrected chi connectivity index (χ4v) is 2.26. The van der Waals surface area contributed by atoms with Gasteiger partial charge >= 0.3 is 0 Å². The van der Waals surface area contributed by atoms with Crippen molar-refractivity contribution in [2.24, 2.45) is 0 Å². The van der Waals surface area contributed by atoms with Gasteiger partial charge in [-0.2, -0.15) is 0 Å². The summed E-state index contributed by atoms with van der Waals surface area (Å²) in [6, 6.07) is 17.7. The Balaban J connectivity index is 2.01. The second kappa shape index (κ2) is 4.35. The molecule has 0 spiro atoms. The summed E-state index contributed by atoms with van der Waals surface area (Å²) < 4.78 is 0. The van der Waals surface area contributed by atoms with Crippen LogP contribution < -0.4 is 0 Å². The van der Waals surface area contributed by atoms with Crippen molar-refractivity contribution in [3.63, 3.8) is 0 Å². The number of aromatic nitrogens is 4. The van der Waals surface area contributed by atoms with Crippen LogP contribution in [0.3, 0.4) is 0 Å². The van der Waals surface area contributed by atoms with Gasteiger partial charge in [-0.1, -0.05) is 36.4 Å². The summed E-state index contributed by atoms with van der Waals surface area (Å²) >= 11 is 0. The number of para-hydroxylation sites is 1. The maximum Gasteiger partial charge on any atom is 0.199 e. The Bertz CT molecular complexity index is 913. The molecule has 0 unspecified atom stereocenters. The third-order valence-corrected chi connectivity index (χ3v) is 3.23. The van der Waals surface area contributed by atoms with Crippen LogP contribution in [0.1, 0.15) is 0 Å². The first-order valence-corrected chi connectivity index (χ1v) is 6.27. The molecule has 4 nitrogen and oxygen atoms in total. The molecule has 0 aliphatic rings. The third-order valence-electron chi connectivity index (χ3n) is 3.23.